The molecule has 3 N–H and O–H groups in total. The summed E-state index contributed by atoms with van der Waals surface area (Å²) in [7, 11) is 0. The van der Waals surface area contributed by atoms with Crippen molar-refractivity contribution in [2.24, 2.45) is 0 Å². The summed E-state index contributed by atoms with van der Waals surface area (Å²) in [5.41, 5.74) is 2.87. The Labute approximate surface area is 236 Å². The number of nitrogens with one attached hydrogen (secondary N) is 2. The van der Waals surface area contributed by atoms with Crippen LogP contribution < -0.4 is 15.5 Å². The van der Waals surface area contributed by atoms with Crippen molar-refractivity contribution in [2.45, 2.75) is 31.8 Å². The number of rotatable bonds is 5. The van der Waals surface area contributed by atoms with Gasteiger partial charge in [-0.3, -0.25) is 0 Å². The van der Waals surface area contributed by atoms with Crippen LogP contribution in [-0.4, -0.2) is 80.8 Å². The van der Waals surface area contributed by atoms with Crippen LogP contribution in [0.5, 0.6) is 0 Å². The summed E-state index contributed by atoms with van der Waals surface area (Å²) in [4.78, 5) is 37.5. The molecule has 6 rings (SSSR count). The van der Waals surface area contributed by atoms with E-state index in [0.29, 0.717) is 62.9 Å². The number of amides is 3. The fraction of sp³-hybridized carbons (Fsp3) is 0.345. The number of piperidine rings is 1. The van der Waals surface area contributed by atoms with E-state index >= 15 is 0 Å². The van der Waals surface area contributed by atoms with Crippen LogP contribution in [0.4, 0.5) is 26.8 Å². The Hall–Kier alpha value is -4.71. The minimum atomic E-state index is -0.891. The number of carbonyl (C=O) groups excluding carboxylic acids is 1. The Kier molecular flexibility index (Phi) is 7.38. The molecule has 0 radical (unpaired) electrons. The number of carboxylic acid groups (broad SMARTS) is 1. The summed E-state index contributed by atoms with van der Waals surface area (Å²) in [6, 6.07) is 16.5. The molecule has 0 aliphatic carbocycles. The number of para-hydroxylation sites is 1. The lowest BCUT2D eigenvalue weighted by molar-refractivity contribution is 0.0987. The molecule has 2 aliphatic rings. The Bertz CT molecular complexity index is 1530. The Morgan fingerprint density at radius 1 is 0.951 bits per heavy atom. The Morgan fingerprint density at radius 2 is 1.66 bits per heavy atom. The summed E-state index contributed by atoms with van der Waals surface area (Å²) >= 11 is 0. The van der Waals surface area contributed by atoms with E-state index < -0.39 is 6.09 Å². The number of benzene rings is 2. The SMILES string of the molecule is C[C@@H]1COCCN1c1nc(-c2ccc(NC(=O)Nc3ccccc3)cc2)nc2c1cnn2C1CCN(C(=O)O)CC1. The first-order valence-electron chi connectivity index (χ1n) is 13.8. The van der Waals surface area contributed by atoms with E-state index in [4.69, 9.17) is 19.8 Å². The van der Waals surface area contributed by atoms with Crippen LogP contribution >= 0.6 is 0 Å². The largest absolute Gasteiger partial charge is 0.465 e. The number of hydrogen-bond donors (Lipinski definition) is 3. The van der Waals surface area contributed by atoms with Crippen LogP contribution in [0.1, 0.15) is 25.8 Å². The van der Waals surface area contributed by atoms with Gasteiger partial charge in [0.15, 0.2) is 11.5 Å². The molecule has 2 aliphatic heterocycles. The molecule has 12 nitrogen and oxygen atoms in total. The standard InChI is InChI=1S/C29H32N8O4/c1-19-18-41-16-15-36(19)26-24-17-30-37(23-11-13-35(14-12-23)29(39)40)27(24)34-25(33-26)20-7-9-22(10-8-20)32-28(38)31-21-5-3-2-4-6-21/h2-10,17,19,23H,11-16,18H2,1H3,(H,39,40)(H2,31,32,38)/t19-/m1/s1. The van der Waals surface area contributed by atoms with Crippen molar-refractivity contribution < 1.29 is 19.4 Å². The zero-order chi connectivity index (χ0) is 28.3. The topological polar surface area (TPSA) is 138 Å². The van der Waals surface area contributed by atoms with Gasteiger partial charge in [0.25, 0.3) is 0 Å². The maximum absolute atomic E-state index is 12.4. The number of likely N-dealkylation sites (tertiary alicyclic amines) is 1. The first-order chi connectivity index (χ1) is 20.0. The van der Waals surface area contributed by atoms with E-state index in [1.807, 2.05) is 65.5 Å². The van der Waals surface area contributed by atoms with Gasteiger partial charge in [0.2, 0.25) is 0 Å². The van der Waals surface area contributed by atoms with E-state index in [9.17, 15) is 14.7 Å². The number of morpholine rings is 1. The summed E-state index contributed by atoms with van der Waals surface area (Å²) < 4.78 is 7.60. The quantitative estimate of drug-likeness (QED) is 0.322. The zero-order valence-electron chi connectivity index (χ0n) is 22.7. The molecule has 4 heterocycles. The van der Waals surface area contributed by atoms with Gasteiger partial charge in [-0.05, 0) is 56.2 Å². The summed E-state index contributed by atoms with van der Waals surface area (Å²) in [5.74, 6) is 1.36. The minimum absolute atomic E-state index is 0.0375. The average Bonchev–Trinajstić information content (AvgIpc) is 3.42. The predicted octanol–water partition coefficient (Wildman–Crippen LogP) is 4.68. The molecule has 0 spiro atoms. The van der Waals surface area contributed by atoms with Crippen molar-refractivity contribution in [3.8, 4) is 11.4 Å². The smallest absolute Gasteiger partial charge is 0.407 e. The van der Waals surface area contributed by atoms with Crippen molar-refractivity contribution >= 4 is 40.4 Å². The van der Waals surface area contributed by atoms with Gasteiger partial charge in [-0.1, -0.05) is 18.2 Å². The van der Waals surface area contributed by atoms with E-state index in [1.54, 1.807) is 0 Å². The highest BCUT2D eigenvalue weighted by Gasteiger charge is 2.29. The van der Waals surface area contributed by atoms with E-state index in [0.717, 1.165) is 22.4 Å². The molecule has 0 bridgehead atoms. The van der Waals surface area contributed by atoms with E-state index in [2.05, 4.69) is 22.5 Å². The maximum Gasteiger partial charge on any atom is 0.407 e. The number of fused-ring (bicyclic) bond motifs is 1. The normalized spacial score (nSPS) is 17.9. The van der Waals surface area contributed by atoms with Crippen LogP contribution in [0.25, 0.3) is 22.4 Å². The van der Waals surface area contributed by atoms with Crippen molar-refractivity contribution in [1.29, 1.82) is 0 Å². The van der Waals surface area contributed by atoms with Gasteiger partial charge in [-0.25, -0.2) is 24.2 Å². The third kappa shape index (κ3) is 5.64. The van der Waals surface area contributed by atoms with Crippen LogP contribution in [0.3, 0.4) is 0 Å². The highest BCUT2D eigenvalue weighted by molar-refractivity contribution is 5.99. The monoisotopic (exact) mass is 556 g/mol. The van der Waals surface area contributed by atoms with Gasteiger partial charge in [-0.15, -0.1) is 0 Å². The molecule has 3 amide bonds. The van der Waals surface area contributed by atoms with Crippen LogP contribution in [0.15, 0.2) is 60.8 Å². The van der Waals surface area contributed by atoms with Crippen LogP contribution in [-0.2, 0) is 4.74 Å². The molecule has 0 unspecified atom stereocenters. The first kappa shape index (κ1) is 26.5. The van der Waals surface area contributed by atoms with E-state index in [1.165, 1.54) is 4.90 Å². The minimum Gasteiger partial charge on any atom is -0.465 e. The second-order valence-corrected chi connectivity index (χ2v) is 10.3. The second-order valence-electron chi connectivity index (χ2n) is 10.3. The number of nitrogens with zero attached hydrogens (tertiary/aromatic N) is 6. The fourth-order valence-corrected chi connectivity index (χ4v) is 5.39. The lowest BCUT2D eigenvalue weighted by atomic mass is 10.1. The van der Waals surface area contributed by atoms with Crippen LogP contribution in [0.2, 0.25) is 0 Å². The molecular formula is C29H32N8O4. The van der Waals surface area contributed by atoms with E-state index in [-0.39, 0.29) is 18.1 Å². The number of carbonyl (C=O) groups is 2. The molecule has 1 atom stereocenters. The Balaban J connectivity index is 1.30. The molecule has 4 aromatic rings. The predicted molar refractivity (Wildman–Crippen MR) is 155 cm³/mol. The molecule has 212 valence electrons. The second kappa shape index (κ2) is 11.4. The first-order valence-corrected chi connectivity index (χ1v) is 13.8. The molecule has 41 heavy (non-hydrogen) atoms. The van der Waals surface area contributed by atoms with Crippen molar-refractivity contribution in [3.05, 3.63) is 60.8 Å². The molecular weight excluding hydrogens is 524 g/mol. The molecule has 0 saturated carbocycles. The van der Waals surface area contributed by atoms with Crippen molar-refractivity contribution in [1.82, 2.24) is 24.6 Å². The van der Waals surface area contributed by atoms with Crippen molar-refractivity contribution in [3.63, 3.8) is 0 Å². The average molecular weight is 557 g/mol. The summed E-state index contributed by atoms with van der Waals surface area (Å²) in [6.07, 6.45) is 2.25. The summed E-state index contributed by atoms with van der Waals surface area (Å²) in [5, 5.41) is 20.6. The lowest BCUT2D eigenvalue weighted by Gasteiger charge is -2.34. The maximum atomic E-state index is 12.4. The number of hydrogen-bond acceptors (Lipinski definition) is 7. The van der Waals surface area contributed by atoms with Gasteiger partial charge in [0, 0.05) is 36.6 Å². The molecule has 12 heteroatoms. The molecule has 2 aromatic heterocycles. The van der Waals surface area contributed by atoms with Gasteiger partial charge in [0.1, 0.15) is 5.82 Å². The molecule has 2 saturated heterocycles. The molecule has 2 fully saturated rings. The fourth-order valence-electron chi connectivity index (χ4n) is 5.39. The van der Waals surface area contributed by atoms with Crippen LogP contribution in [0, 0.1) is 0 Å². The zero-order valence-corrected chi connectivity index (χ0v) is 22.7. The van der Waals surface area contributed by atoms with Gasteiger partial charge < -0.3 is 30.3 Å². The van der Waals surface area contributed by atoms with Gasteiger partial charge >= 0.3 is 12.1 Å². The number of urea groups is 1. The van der Waals surface area contributed by atoms with Gasteiger partial charge in [0.05, 0.1) is 36.9 Å². The third-order valence-electron chi connectivity index (χ3n) is 7.59. The Morgan fingerprint density at radius 3 is 2.34 bits per heavy atom. The number of aromatic nitrogens is 4. The van der Waals surface area contributed by atoms with Gasteiger partial charge in [-0.2, -0.15) is 5.10 Å². The highest BCUT2D eigenvalue weighted by atomic mass is 16.5. The summed E-state index contributed by atoms with van der Waals surface area (Å²) in [6.45, 7) is 4.94. The number of anilines is 3. The number of ether oxygens (including phenoxy) is 1. The van der Waals surface area contributed by atoms with Crippen molar-refractivity contribution in [2.75, 3.05) is 48.4 Å². The lowest BCUT2D eigenvalue weighted by Crippen LogP contribution is -2.44. The molecule has 2 aromatic carbocycles. The highest BCUT2D eigenvalue weighted by Crippen LogP contribution is 2.33. The third-order valence-corrected chi connectivity index (χ3v) is 7.59.